The molecular weight excluding hydrogens is 540 g/mol. The quantitative estimate of drug-likeness (QED) is 0.180. The van der Waals surface area contributed by atoms with Crippen LogP contribution < -0.4 is 43.7 Å². The fourth-order valence-electron chi connectivity index (χ4n) is 2.72. The molecule has 0 aliphatic carbocycles. The van der Waals surface area contributed by atoms with E-state index in [2.05, 4.69) is 26.6 Å². The molecule has 40 heavy (non-hydrogen) atoms. The van der Waals surface area contributed by atoms with E-state index in [1.54, 1.807) is 0 Å². The molecule has 0 unspecified atom stereocenters. The Bertz CT molecular complexity index is 1190. The molecule has 0 radical (unpaired) electrons. The van der Waals surface area contributed by atoms with Crippen LogP contribution in [0.25, 0.3) is 0 Å². The number of amides is 9. The first-order valence-electron chi connectivity index (χ1n) is 11.4. The largest absolute Gasteiger partial charge is 0.339 e. The van der Waals surface area contributed by atoms with Crippen LogP contribution in [0.15, 0.2) is 14.4 Å². The minimum absolute atomic E-state index is 0.149. The number of hydrogen-bond donors (Lipinski definition) is 5. The van der Waals surface area contributed by atoms with Crippen LogP contribution in [-0.2, 0) is 44.0 Å². The van der Waals surface area contributed by atoms with Crippen molar-refractivity contribution >= 4 is 41.6 Å². The van der Waals surface area contributed by atoms with E-state index in [-0.39, 0.29) is 25.2 Å². The van der Waals surface area contributed by atoms with Crippen LogP contribution in [0.1, 0.15) is 34.6 Å². The van der Waals surface area contributed by atoms with Crippen LogP contribution in [0, 0.1) is 0 Å². The lowest BCUT2D eigenvalue weighted by atomic mass is 10.4. The van der Waals surface area contributed by atoms with Crippen LogP contribution in [0.4, 0.5) is 9.59 Å². The van der Waals surface area contributed by atoms with E-state index >= 15 is 0 Å². The van der Waals surface area contributed by atoms with E-state index in [0.717, 1.165) is 9.80 Å². The minimum atomic E-state index is -1.01. The van der Waals surface area contributed by atoms with Crippen molar-refractivity contribution in [2.75, 3.05) is 13.3 Å². The molecule has 0 bridgehead atoms. The van der Waals surface area contributed by atoms with Crippen LogP contribution in [0.2, 0.25) is 0 Å². The number of aromatic nitrogens is 3. The van der Waals surface area contributed by atoms with Crippen molar-refractivity contribution in [1.29, 1.82) is 0 Å². The van der Waals surface area contributed by atoms with Crippen molar-refractivity contribution in [2.45, 2.75) is 54.6 Å². The third kappa shape index (κ3) is 9.22. The molecule has 0 aromatic carbocycles. The summed E-state index contributed by atoms with van der Waals surface area (Å²) < 4.78 is 1.81. The van der Waals surface area contributed by atoms with Crippen molar-refractivity contribution in [3.8, 4) is 0 Å². The van der Waals surface area contributed by atoms with Crippen molar-refractivity contribution in [3.63, 3.8) is 0 Å². The fourth-order valence-corrected chi connectivity index (χ4v) is 2.72. The Morgan fingerprint density at radius 1 is 0.425 bits per heavy atom. The highest BCUT2D eigenvalue weighted by atomic mass is 16.2. The fraction of sp³-hybridized carbons (Fsp3) is 0.500. The first-order chi connectivity index (χ1) is 18.6. The second-order valence-corrected chi connectivity index (χ2v) is 8.01. The van der Waals surface area contributed by atoms with Crippen LogP contribution in [-0.4, -0.2) is 78.4 Å². The number of nitrogens with zero attached hydrogens (tertiary/aromatic N) is 5. The van der Waals surface area contributed by atoms with Crippen LogP contribution >= 0.6 is 0 Å². The Morgan fingerprint density at radius 3 is 0.825 bits per heavy atom. The molecular formula is C20H30N10O10. The van der Waals surface area contributed by atoms with Crippen molar-refractivity contribution in [3.05, 3.63) is 31.5 Å². The molecule has 0 saturated carbocycles. The molecule has 9 amide bonds. The molecule has 220 valence electrons. The number of carbonyl (C=O) groups excluding carboxylic acids is 7. The zero-order chi connectivity index (χ0) is 30.7. The summed E-state index contributed by atoms with van der Waals surface area (Å²) in [5, 5.41) is 11.5. The van der Waals surface area contributed by atoms with E-state index in [4.69, 9.17) is 0 Å². The maximum Gasteiger partial charge on any atom is 0.339 e. The van der Waals surface area contributed by atoms with Gasteiger partial charge in [-0.15, -0.1) is 0 Å². The predicted octanol–water partition coefficient (Wildman–Crippen LogP) is -4.52. The molecule has 1 aliphatic heterocycles. The number of carbonyl (C=O) groups is 7. The summed E-state index contributed by atoms with van der Waals surface area (Å²) in [6.45, 7) is 4.44. The second kappa shape index (κ2) is 14.6. The lowest BCUT2D eigenvalue weighted by molar-refractivity contribution is -0.120. The van der Waals surface area contributed by atoms with E-state index in [9.17, 15) is 47.9 Å². The average molecular weight is 571 g/mol. The van der Waals surface area contributed by atoms with Gasteiger partial charge in [0.05, 0.1) is 0 Å². The van der Waals surface area contributed by atoms with Gasteiger partial charge in [0.1, 0.15) is 33.3 Å². The van der Waals surface area contributed by atoms with Crippen LogP contribution in [0.5, 0.6) is 0 Å². The Labute approximate surface area is 225 Å². The third-order valence-electron chi connectivity index (χ3n) is 4.74. The second-order valence-electron chi connectivity index (χ2n) is 8.01. The van der Waals surface area contributed by atoms with Gasteiger partial charge < -0.3 is 26.6 Å². The molecule has 2 rings (SSSR count). The van der Waals surface area contributed by atoms with Gasteiger partial charge in [-0.3, -0.25) is 24.0 Å². The summed E-state index contributed by atoms with van der Waals surface area (Å²) in [7, 11) is 0. The number of rotatable bonds is 10. The molecule has 1 aliphatic rings. The van der Waals surface area contributed by atoms with Crippen molar-refractivity contribution in [2.24, 2.45) is 0 Å². The normalized spacial score (nSPS) is 11.9. The smallest absolute Gasteiger partial charge is 0.338 e. The molecule has 1 saturated heterocycles. The third-order valence-corrected chi connectivity index (χ3v) is 4.74. The molecule has 20 nitrogen and oxygen atoms in total. The Kier molecular flexibility index (Phi) is 11.9. The zero-order valence-corrected chi connectivity index (χ0v) is 22.4. The van der Waals surface area contributed by atoms with Gasteiger partial charge in [0.15, 0.2) is 0 Å². The predicted molar refractivity (Wildman–Crippen MR) is 133 cm³/mol. The van der Waals surface area contributed by atoms with Crippen molar-refractivity contribution < 1.29 is 33.6 Å². The molecule has 1 fully saturated rings. The molecule has 0 atom stereocenters. The molecule has 5 N–H and O–H groups in total. The van der Waals surface area contributed by atoms with Gasteiger partial charge in [-0.05, 0) is 0 Å². The van der Waals surface area contributed by atoms with Gasteiger partial charge >= 0.3 is 29.1 Å². The summed E-state index contributed by atoms with van der Waals surface area (Å²) in [5.74, 6) is -2.14. The van der Waals surface area contributed by atoms with Gasteiger partial charge in [-0.1, -0.05) is 0 Å². The summed E-state index contributed by atoms with van der Waals surface area (Å²) in [6.07, 6.45) is 0. The maximum atomic E-state index is 12.2. The first-order valence-corrected chi connectivity index (χ1v) is 11.4. The number of imide groups is 2. The van der Waals surface area contributed by atoms with E-state index in [0.29, 0.717) is 13.7 Å². The lowest BCUT2D eigenvalue weighted by Gasteiger charge is -2.38. The number of hydrogen-bond acceptors (Lipinski definition) is 10. The van der Waals surface area contributed by atoms with E-state index in [1.165, 1.54) is 34.6 Å². The molecule has 1 aromatic rings. The monoisotopic (exact) mass is 570 g/mol. The lowest BCUT2D eigenvalue weighted by Crippen LogP contribution is -2.67. The van der Waals surface area contributed by atoms with E-state index < -0.39 is 66.9 Å². The molecule has 2 heterocycles. The van der Waals surface area contributed by atoms with Crippen molar-refractivity contribution in [1.82, 2.24) is 50.1 Å². The highest BCUT2D eigenvalue weighted by Gasteiger charge is 2.43. The van der Waals surface area contributed by atoms with Gasteiger partial charge in [-0.25, -0.2) is 47.5 Å². The zero-order valence-electron chi connectivity index (χ0n) is 22.4. The number of urea groups is 2. The topological polar surface area (TPSA) is 252 Å². The minimum Gasteiger partial charge on any atom is -0.338 e. The summed E-state index contributed by atoms with van der Waals surface area (Å²) >= 11 is 0. The highest BCUT2D eigenvalue weighted by Crippen LogP contribution is 2.13. The number of nitrogens with one attached hydrogen (secondary N) is 5. The maximum absolute atomic E-state index is 12.2. The first kappa shape index (κ1) is 32.7. The SMILES string of the molecule is CC(=O)NCN1C(=O)N(CNC(C)=O)C1=O.CC(=O)NCn1c(=O)n(CNC(C)=O)c(=O)n(CNC(C)=O)c1=O. The van der Waals surface area contributed by atoms with Gasteiger partial charge in [0, 0.05) is 34.6 Å². The van der Waals surface area contributed by atoms with Gasteiger partial charge in [-0.2, -0.15) is 0 Å². The summed E-state index contributed by atoms with van der Waals surface area (Å²) in [6, 6.07) is -1.10. The Hall–Kier alpha value is -5.30. The molecule has 1 aromatic heterocycles. The van der Waals surface area contributed by atoms with Gasteiger partial charge in [0.2, 0.25) is 29.5 Å². The molecule has 20 heteroatoms. The summed E-state index contributed by atoms with van der Waals surface area (Å²) in [5.41, 5.74) is -3.02. The standard InChI is InChI=1S/C12H18N6O6.C8H12N4O4/c1-7(19)13-4-16-10(22)17(5-14-8(2)20)12(24)18(11(16)23)6-15-9(3)21;1-5(13)9-3-11-7(15)12(8(11)16)4-10-6(2)14/h4-6H2,1-3H3,(H,13,19)(H,14,20)(H,15,21);3-4H2,1-2H3,(H,9,13)(H,10,14). The Morgan fingerprint density at radius 2 is 0.625 bits per heavy atom. The summed E-state index contributed by atoms with van der Waals surface area (Å²) in [4.78, 5) is 115. The van der Waals surface area contributed by atoms with E-state index in [1.807, 2.05) is 0 Å². The molecule has 0 spiro atoms. The van der Waals surface area contributed by atoms with Gasteiger partial charge in [0.25, 0.3) is 0 Å². The average Bonchev–Trinajstić information content (AvgIpc) is 2.83. The Balaban J connectivity index is 0.000000433. The highest BCUT2D eigenvalue weighted by molar-refractivity contribution is 6.11. The van der Waals surface area contributed by atoms with Crippen LogP contribution in [0.3, 0.4) is 0 Å².